The van der Waals surface area contributed by atoms with E-state index in [1.807, 2.05) is 18.2 Å². The van der Waals surface area contributed by atoms with Gasteiger partial charge in [-0.2, -0.15) is 0 Å². The van der Waals surface area contributed by atoms with Gasteiger partial charge in [0.2, 0.25) is 11.8 Å². The molecule has 5 nitrogen and oxygen atoms in total. The fraction of sp³-hybridized carbons (Fsp3) is 0.467. The molecule has 1 fully saturated rings. The standard InChI is InChI=1S/C15H21N3O2/c1-12(19)17-8-9-18(14(11-17)15(20)16-2)10-13-6-4-3-5-7-13/h3-7,14H,8-11H2,1-2H3,(H,16,20)/t14-/m0/s1. The molecular formula is C15H21N3O2. The summed E-state index contributed by atoms with van der Waals surface area (Å²) >= 11 is 0. The summed E-state index contributed by atoms with van der Waals surface area (Å²) in [6, 6.07) is 9.80. The Bertz CT molecular complexity index is 475. The molecular weight excluding hydrogens is 254 g/mol. The van der Waals surface area contributed by atoms with Gasteiger partial charge in [0.1, 0.15) is 6.04 Å². The molecule has 0 radical (unpaired) electrons. The molecule has 1 heterocycles. The summed E-state index contributed by atoms with van der Waals surface area (Å²) in [5.41, 5.74) is 1.18. The van der Waals surface area contributed by atoms with Gasteiger partial charge in [-0.1, -0.05) is 30.3 Å². The lowest BCUT2D eigenvalue weighted by Gasteiger charge is -2.40. The van der Waals surface area contributed by atoms with Crippen molar-refractivity contribution in [2.45, 2.75) is 19.5 Å². The van der Waals surface area contributed by atoms with Crippen LogP contribution in [0, 0.1) is 0 Å². The molecule has 5 heteroatoms. The molecule has 20 heavy (non-hydrogen) atoms. The van der Waals surface area contributed by atoms with E-state index in [-0.39, 0.29) is 17.9 Å². The van der Waals surface area contributed by atoms with Crippen LogP contribution in [0.15, 0.2) is 30.3 Å². The minimum atomic E-state index is -0.280. The fourth-order valence-electron chi connectivity index (χ4n) is 2.53. The quantitative estimate of drug-likeness (QED) is 0.872. The average Bonchev–Trinajstić information content (AvgIpc) is 2.47. The number of amides is 2. The summed E-state index contributed by atoms with van der Waals surface area (Å²) in [6.07, 6.45) is 0. The monoisotopic (exact) mass is 275 g/mol. The predicted molar refractivity (Wildman–Crippen MR) is 77.0 cm³/mol. The molecule has 0 spiro atoms. The smallest absolute Gasteiger partial charge is 0.238 e. The van der Waals surface area contributed by atoms with Crippen molar-refractivity contribution in [3.63, 3.8) is 0 Å². The van der Waals surface area contributed by atoms with Gasteiger partial charge < -0.3 is 10.2 Å². The van der Waals surface area contributed by atoms with E-state index in [2.05, 4.69) is 22.3 Å². The minimum absolute atomic E-state index is 0.0262. The predicted octanol–water partition coefficient (Wildman–Crippen LogP) is 0.465. The van der Waals surface area contributed by atoms with E-state index in [0.29, 0.717) is 19.6 Å². The fourth-order valence-corrected chi connectivity index (χ4v) is 2.53. The first kappa shape index (κ1) is 14.5. The Morgan fingerprint density at radius 1 is 1.25 bits per heavy atom. The number of carbonyl (C=O) groups excluding carboxylic acids is 2. The van der Waals surface area contributed by atoms with E-state index in [9.17, 15) is 9.59 Å². The van der Waals surface area contributed by atoms with E-state index in [1.54, 1.807) is 18.9 Å². The normalized spacial score (nSPS) is 19.7. The first-order valence-electron chi connectivity index (χ1n) is 6.87. The third-order valence-corrected chi connectivity index (χ3v) is 3.71. The zero-order valence-corrected chi connectivity index (χ0v) is 12.0. The Hall–Kier alpha value is -1.88. The van der Waals surface area contributed by atoms with Crippen molar-refractivity contribution in [2.24, 2.45) is 0 Å². The number of benzene rings is 1. The van der Waals surface area contributed by atoms with Gasteiger partial charge in [0.05, 0.1) is 0 Å². The van der Waals surface area contributed by atoms with Crippen molar-refractivity contribution < 1.29 is 9.59 Å². The lowest BCUT2D eigenvalue weighted by molar-refractivity contribution is -0.136. The van der Waals surface area contributed by atoms with E-state index >= 15 is 0 Å². The van der Waals surface area contributed by atoms with Crippen LogP contribution >= 0.6 is 0 Å². The summed E-state index contributed by atoms with van der Waals surface area (Å²) in [6.45, 7) is 4.13. The molecule has 0 bridgehead atoms. The first-order valence-corrected chi connectivity index (χ1v) is 6.87. The molecule has 1 aromatic rings. The summed E-state index contributed by atoms with van der Waals surface area (Å²) in [5, 5.41) is 2.69. The van der Waals surface area contributed by atoms with Crippen molar-refractivity contribution in [1.29, 1.82) is 0 Å². The van der Waals surface area contributed by atoms with Crippen LogP contribution in [0.4, 0.5) is 0 Å². The minimum Gasteiger partial charge on any atom is -0.358 e. The Balaban J connectivity index is 2.10. The number of likely N-dealkylation sites (N-methyl/N-ethyl adjacent to an activating group) is 1. The maximum atomic E-state index is 12.0. The molecule has 1 aliphatic heterocycles. The highest BCUT2D eigenvalue weighted by Crippen LogP contribution is 2.14. The van der Waals surface area contributed by atoms with Crippen molar-refractivity contribution in [3.05, 3.63) is 35.9 Å². The Labute approximate surface area is 119 Å². The first-order chi connectivity index (χ1) is 9.61. The lowest BCUT2D eigenvalue weighted by atomic mass is 10.1. The van der Waals surface area contributed by atoms with Gasteiger partial charge in [0.25, 0.3) is 0 Å². The van der Waals surface area contributed by atoms with Crippen LogP contribution in [-0.4, -0.2) is 54.3 Å². The maximum absolute atomic E-state index is 12.0. The molecule has 1 aromatic carbocycles. The molecule has 0 aromatic heterocycles. The van der Waals surface area contributed by atoms with Crippen LogP contribution in [0.1, 0.15) is 12.5 Å². The number of hydrogen-bond donors (Lipinski definition) is 1. The van der Waals surface area contributed by atoms with Crippen LogP contribution in [0.5, 0.6) is 0 Å². The van der Waals surface area contributed by atoms with Gasteiger partial charge in [0, 0.05) is 40.2 Å². The Morgan fingerprint density at radius 2 is 1.95 bits per heavy atom. The third-order valence-electron chi connectivity index (χ3n) is 3.71. The summed E-state index contributed by atoms with van der Waals surface area (Å²) < 4.78 is 0. The molecule has 1 aliphatic rings. The summed E-state index contributed by atoms with van der Waals surface area (Å²) in [5.74, 6) is -0.00912. The Kier molecular flexibility index (Phi) is 4.74. The van der Waals surface area contributed by atoms with Crippen LogP contribution < -0.4 is 5.32 Å². The molecule has 1 N–H and O–H groups in total. The molecule has 1 saturated heterocycles. The van der Waals surface area contributed by atoms with Gasteiger partial charge in [-0.3, -0.25) is 14.5 Å². The molecule has 2 rings (SSSR count). The summed E-state index contributed by atoms with van der Waals surface area (Å²) in [7, 11) is 1.63. The van der Waals surface area contributed by atoms with E-state index < -0.39 is 0 Å². The van der Waals surface area contributed by atoms with Gasteiger partial charge >= 0.3 is 0 Å². The second kappa shape index (κ2) is 6.52. The van der Waals surface area contributed by atoms with Crippen molar-refractivity contribution >= 4 is 11.8 Å². The highest BCUT2D eigenvalue weighted by atomic mass is 16.2. The van der Waals surface area contributed by atoms with Crippen molar-refractivity contribution in [2.75, 3.05) is 26.7 Å². The van der Waals surface area contributed by atoms with Gasteiger partial charge in [-0.25, -0.2) is 0 Å². The van der Waals surface area contributed by atoms with E-state index in [0.717, 1.165) is 6.54 Å². The highest BCUT2D eigenvalue weighted by Gasteiger charge is 2.32. The second-order valence-electron chi connectivity index (χ2n) is 5.05. The van der Waals surface area contributed by atoms with Crippen LogP contribution in [0.25, 0.3) is 0 Å². The number of hydrogen-bond acceptors (Lipinski definition) is 3. The average molecular weight is 275 g/mol. The number of carbonyl (C=O) groups is 2. The van der Waals surface area contributed by atoms with Gasteiger partial charge in [-0.15, -0.1) is 0 Å². The SMILES string of the molecule is CNC(=O)[C@@H]1CN(C(C)=O)CCN1Cc1ccccc1. The third kappa shape index (κ3) is 3.36. The summed E-state index contributed by atoms with van der Waals surface area (Å²) in [4.78, 5) is 27.4. The van der Waals surface area contributed by atoms with Gasteiger partial charge in [0.15, 0.2) is 0 Å². The van der Waals surface area contributed by atoms with E-state index in [4.69, 9.17) is 0 Å². The molecule has 108 valence electrons. The maximum Gasteiger partial charge on any atom is 0.238 e. The number of piperazine rings is 1. The number of nitrogens with one attached hydrogen (secondary N) is 1. The van der Waals surface area contributed by atoms with E-state index in [1.165, 1.54) is 5.56 Å². The van der Waals surface area contributed by atoms with Crippen molar-refractivity contribution in [1.82, 2.24) is 15.1 Å². The largest absolute Gasteiger partial charge is 0.358 e. The molecule has 2 amide bonds. The topological polar surface area (TPSA) is 52.7 Å². The van der Waals surface area contributed by atoms with Crippen LogP contribution in [-0.2, 0) is 16.1 Å². The molecule has 0 unspecified atom stereocenters. The molecule has 1 atom stereocenters. The van der Waals surface area contributed by atoms with Crippen molar-refractivity contribution in [3.8, 4) is 0 Å². The lowest BCUT2D eigenvalue weighted by Crippen LogP contribution is -2.59. The van der Waals surface area contributed by atoms with Gasteiger partial charge in [-0.05, 0) is 5.56 Å². The molecule has 0 aliphatic carbocycles. The zero-order valence-electron chi connectivity index (χ0n) is 12.0. The number of nitrogens with zero attached hydrogens (tertiary/aromatic N) is 2. The molecule has 0 saturated carbocycles. The zero-order chi connectivity index (χ0) is 14.5. The second-order valence-corrected chi connectivity index (χ2v) is 5.05. The van der Waals surface area contributed by atoms with Crippen LogP contribution in [0.2, 0.25) is 0 Å². The Morgan fingerprint density at radius 3 is 2.55 bits per heavy atom. The highest BCUT2D eigenvalue weighted by molar-refractivity contribution is 5.83. The number of rotatable bonds is 3. The van der Waals surface area contributed by atoms with Crippen LogP contribution in [0.3, 0.4) is 0 Å².